The zero-order valence-electron chi connectivity index (χ0n) is 21.2. The molecule has 0 N–H and O–H groups in total. The Kier molecular flexibility index (Phi) is 5.74. The number of anilines is 4. The van der Waals surface area contributed by atoms with E-state index in [1.54, 1.807) is 18.5 Å². The first-order chi connectivity index (χ1) is 18.4. The third-order valence-electron chi connectivity index (χ3n) is 7.87. The minimum absolute atomic E-state index is 0.161. The summed E-state index contributed by atoms with van der Waals surface area (Å²) in [5, 5.41) is 0. The van der Waals surface area contributed by atoms with Gasteiger partial charge in [-0.2, -0.15) is 13.2 Å². The number of hydrogen-bond donors (Lipinski definition) is 0. The van der Waals surface area contributed by atoms with Crippen LogP contribution in [-0.4, -0.2) is 16.1 Å². The van der Waals surface area contributed by atoms with Gasteiger partial charge < -0.3 is 0 Å². The number of hydrogen-bond acceptors (Lipinski definition) is 4. The lowest BCUT2D eigenvalue weighted by Gasteiger charge is -2.33. The predicted molar refractivity (Wildman–Crippen MR) is 145 cm³/mol. The largest absolute Gasteiger partial charge is 0.417 e. The van der Waals surface area contributed by atoms with E-state index in [9.17, 15) is 13.2 Å². The van der Waals surface area contributed by atoms with Crippen LogP contribution < -0.4 is 9.80 Å². The maximum absolute atomic E-state index is 14.0. The molecule has 2 aliphatic rings. The Morgan fingerprint density at radius 1 is 0.816 bits per heavy atom. The van der Waals surface area contributed by atoms with Gasteiger partial charge in [-0.1, -0.05) is 68.5 Å². The van der Waals surface area contributed by atoms with Gasteiger partial charge in [-0.15, -0.1) is 0 Å². The second kappa shape index (κ2) is 9.01. The Balaban J connectivity index is 1.62. The Hall–Kier alpha value is -4.13. The first-order valence-electron chi connectivity index (χ1n) is 12.8. The number of para-hydroxylation sites is 1. The summed E-state index contributed by atoms with van der Waals surface area (Å²) in [4.78, 5) is 13.7. The molecule has 3 aromatic carbocycles. The summed E-state index contributed by atoms with van der Waals surface area (Å²) >= 11 is 0. The van der Waals surface area contributed by atoms with Crippen LogP contribution in [0, 0.1) is 0 Å². The molecule has 6 rings (SSSR count). The van der Waals surface area contributed by atoms with Gasteiger partial charge in [0.25, 0.3) is 0 Å². The summed E-state index contributed by atoms with van der Waals surface area (Å²) in [7, 11) is 0. The zero-order valence-corrected chi connectivity index (χ0v) is 21.2. The van der Waals surface area contributed by atoms with Gasteiger partial charge in [-0.05, 0) is 59.9 Å². The topological polar surface area (TPSA) is 32.3 Å². The summed E-state index contributed by atoms with van der Waals surface area (Å²) in [5.41, 5.74) is 2.64. The van der Waals surface area contributed by atoms with Gasteiger partial charge in [0, 0.05) is 29.2 Å². The summed E-state index contributed by atoms with van der Waals surface area (Å²) in [6, 6.07) is 21.5. The molecule has 2 aliphatic heterocycles. The van der Waals surface area contributed by atoms with Crippen molar-refractivity contribution in [1.29, 1.82) is 0 Å². The molecule has 1 unspecified atom stereocenters. The molecule has 0 saturated carbocycles. The Bertz CT molecular complexity index is 1510. The molecule has 0 radical (unpaired) electrons. The molecule has 0 spiro atoms. The van der Waals surface area contributed by atoms with E-state index < -0.39 is 11.7 Å². The normalized spacial score (nSPS) is 17.6. The van der Waals surface area contributed by atoms with E-state index in [4.69, 9.17) is 4.98 Å². The Morgan fingerprint density at radius 3 is 2.16 bits per heavy atom. The fourth-order valence-electron chi connectivity index (χ4n) is 5.85. The van der Waals surface area contributed by atoms with Crippen molar-refractivity contribution in [3.05, 3.63) is 108 Å². The smallest absolute Gasteiger partial charge is 0.298 e. The first kappa shape index (κ1) is 24.2. The van der Waals surface area contributed by atoms with Crippen LogP contribution in [0.4, 0.5) is 36.2 Å². The van der Waals surface area contributed by atoms with Crippen LogP contribution in [0.3, 0.4) is 0 Å². The van der Waals surface area contributed by atoms with Crippen LogP contribution in [0.2, 0.25) is 0 Å². The number of benzene rings is 3. The number of allylic oxidation sites excluding steroid dienone is 1. The summed E-state index contributed by atoms with van der Waals surface area (Å²) in [6.07, 6.45) is 4.75. The molecular weight excluding hydrogens is 485 g/mol. The molecular formula is C31H27F3N4. The standard InChI is InChI=1S/C31H27F3N4/c1-3-30(4-2)17-16-27-37(22-10-6-5-7-11-22)28-29(36-19-18-35-28)38(27)26-20-21(14-15-25(26)30)23-12-8-9-13-24(23)31(32,33)34/h5-20,27H,3-4H2,1-2H3. The lowest BCUT2D eigenvalue weighted by molar-refractivity contribution is -0.137. The van der Waals surface area contributed by atoms with E-state index in [1.165, 1.54) is 12.1 Å². The van der Waals surface area contributed by atoms with Crippen LogP contribution >= 0.6 is 0 Å². The van der Waals surface area contributed by atoms with E-state index in [0.29, 0.717) is 17.2 Å². The fraction of sp³-hybridized carbons (Fsp3) is 0.226. The zero-order chi connectivity index (χ0) is 26.5. The highest BCUT2D eigenvalue weighted by Crippen LogP contribution is 2.52. The number of aromatic nitrogens is 2. The van der Waals surface area contributed by atoms with Gasteiger partial charge in [-0.3, -0.25) is 9.80 Å². The maximum Gasteiger partial charge on any atom is 0.417 e. The summed E-state index contributed by atoms with van der Waals surface area (Å²) < 4.78 is 41.9. The van der Waals surface area contributed by atoms with E-state index in [0.717, 1.165) is 35.8 Å². The molecule has 192 valence electrons. The van der Waals surface area contributed by atoms with Crippen molar-refractivity contribution in [3.63, 3.8) is 0 Å². The fourth-order valence-corrected chi connectivity index (χ4v) is 5.85. The highest BCUT2D eigenvalue weighted by molar-refractivity contribution is 5.88. The van der Waals surface area contributed by atoms with Crippen molar-refractivity contribution in [2.24, 2.45) is 0 Å². The third-order valence-corrected chi connectivity index (χ3v) is 7.87. The second-order valence-corrected chi connectivity index (χ2v) is 9.69. The van der Waals surface area contributed by atoms with Crippen LogP contribution in [0.5, 0.6) is 0 Å². The molecule has 4 aromatic rings. The third kappa shape index (κ3) is 3.68. The number of nitrogens with zero attached hydrogens (tertiary/aromatic N) is 4. The predicted octanol–water partition coefficient (Wildman–Crippen LogP) is 8.41. The number of fused-ring (bicyclic) bond motifs is 5. The second-order valence-electron chi connectivity index (χ2n) is 9.69. The molecule has 3 heterocycles. The van der Waals surface area contributed by atoms with Crippen molar-refractivity contribution in [2.45, 2.75) is 44.4 Å². The molecule has 0 aliphatic carbocycles. The highest BCUT2D eigenvalue weighted by Gasteiger charge is 2.44. The summed E-state index contributed by atoms with van der Waals surface area (Å²) in [6.45, 7) is 4.31. The quantitative estimate of drug-likeness (QED) is 0.257. The van der Waals surface area contributed by atoms with Crippen LogP contribution in [0.25, 0.3) is 11.1 Å². The number of rotatable bonds is 4. The molecule has 38 heavy (non-hydrogen) atoms. The lowest BCUT2D eigenvalue weighted by atomic mass is 9.74. The van der Waals surface area contributed by atoms with Gasteiger partial charge in [0.05, 0.1) is 5.56 Å². The maximum atomic E-state index is 14.0. The number of halogens is 3. The van der Waals surface area contributed by atoms with Crippen molar-refractivity contribution in [2.75, 3.05) is 9.80 Å². The van der Waals surface area contributed by atoms with Gasteiger partial charge >= 0.3 is 6.18 Å². The van der Waals surface area contributed by atoms with Gasteiger partial charge in [0.15, 0.2) is 11.6 Å². The lowest BCUT2D eigenvalue weighted by Crippen LogP contribution is -2.36. The van der Waals surface area contributed by atoms with Crippen molar-refractivity contribution in [1.82, 2.24) is 9.97 Å². The van der Waals surface area contributed by atoms with Crippen molar-refractivity contribution < 1.29 is 13.2 Å². The molecule has 7 heteroatoms. The molecule has 0 fully saturated rings. The van der Waals surface area contributed by atoms with Crippen LogP contribution in [0.1, 0.15) is 37.8 Å². The van der Waals surface area contributed by atoms with E-state index >= 15 is 0 Å². The van der Waals surface area contributed by atoms with Crippen LogP contribution in [-0.2, 0) is 11.6 Å². The molecule has 0 amide bonds. The summed E-state index contributed by atoms with van der Waals surface area (Å²) in [5.74, 6) is 1.39. The van der Waals surface area contributed by atoms with Gasteiger partial charge in [0.1, 0.15) is 6.17 Å². The average molecular weight is 513 g/mol. The Morgan fingerprint density at radius 2 is 1.47 bits per heavy atom. The molecule has 4 nitrogen and oxygen atoms in total. The monoisotopic (exact) mass is 512 g/mol. The molecule has 1 aromatic heterocycles. The van der Waals surface area contributed by atoms with E-state index in [1.807, 2.05) is 48.5 Å². The minimum Gasteiger partial charge on any atom is -0.298 e. The molecule has 1 atom stereocenters. The van der Waals surface area contributed by atoms with Crippen molar-refractivity contribution >= 4 is 23.0 Å². The minimum atomic E-state index is -4.46. The van der Waals surface area contributed by atoms with E-state index in [-0.39, 0.29) is 17.1 Å². The highest BCUT2D eigenvalue weighted by atomic mass is 19.4. The molecule has 0 bridgehead atoms. The van der Waals surface area contributed by atoms with Gasteiger partial charge in [-0.25, -0.2) is 9.97 Å². The number of alkyl halides is 3. The van der Waals surface area contributed by atoms with Crippen LogP contribution in [0.15, 0.2) is 97.3 Å². The van der Waals surface area contributed by atoms with Gasteiger partial charge in [0.2, 0.25) is 0 Å². The molecule has 0 saturated heterocycles. The SMILES string of the molecule is CCC1(CC)C=CC2N(c3ccccc3)c3nccnc3N2c2cc(-c3ccccc3C(F)(F)F)ccc21. The Labute approximate surface area is 220 Å². The average Bonchev–Trinajstić information content (AvgIpc) is 3.20. The first-order valence-corrected chi connectivity index (χ1v) is 12.8. The van der Waals surface area contributed by atoms with Crippen molar-refractivity contribution in [3.8, 4) is 11.1 Å². The van der Waals surface area contributed by atoms with E-state index in [2.05, 4.69) is 40.8 Å².